The van der Waals surface area contributed by atoms with E-state index >= 15 is 0 Å². The number of urea groups is 1. The molecule has 0 aliphatic heterocycles. The van der Waals surface area contributed by atoms with Gasteiger partial charge in [-0.15, -0.1) is 5.10 Å². The maximum absolute atomic E-state index is 11.8. The van der Waals surface area contributed by atoms with E-state index in [1.165, 1.54) is 18.7 Å². The van der Waals surface area contributed by atoms with E-state index in [-0.39, 0.29) is 5.69 Å². The first-order valence-electron chi connectivity index (χ1n) is 5.62. The highest BCUT2D eigenvalue weighted by atomic mass is 16.4. The highest BCUT2D eigenvalue weighted by Gasteiger charge is 2.25. The van der Waals surface area contributed by atoms with E-state index in [9.17, 15) is 14.4 Å². The lowest BCUT2D eigenvalue weighted by Crippen LogP contribution is -2.41. The molecule has 0 fully saturated rings. The number of carbonyl (C=O) groups excluding carboxylic acids is 2. The molecular formula is C10H15N5O4. The molecule has 104 valence electrons. The van der Waals surface area contributed by atoms with Crippen LogP contribution in [0, 0.1) is 0 Å². The number of carbonyl (C=O) groups is 3. The van der Waals surface area contributed by atoms with E-state index in [1.807, 2.05) is 0 Å². The summed E-state index contributed by atoms with van der Waals surface area (Å²) in [5, 5.41) is 20.4. The van der Waals surface area contributed by atoms with E-state index in [2.05, 4.69) is 20.9 Å². The largest absolute Gasteiger partial charge is 0.476 e. The van der Waals surface area contributed by atoms with Crippen LogP contribution in [0.5, 0.6) is 0 Å². The monoisotopic (exact) mass is 269 g/mol. The number of amides is 3. The fraction of sp³-hybridized carbons (Fsp3) is 0.500. The second-order valence-corrected chi connectivity index (χ2v) is 3.73. The van der Waals surface area contributed by atoms with Crippen LogP contribution in [0.25, 0.3) is 0 Å². The molecule has 1 aromatic heterocycles. The van der Waals surface area contributed by atoms with E-state index < -0.39 is 23.9 Å². The van der Waals surface area contributed by atoms with Crippen molar-refractivity contribution in [3.05, 3.63) is 11.4 Å². The van der Waals surface area contributed by atoms with Crippen LogP contribution >= 0.6 is 0 Å². The van der Waals surface area contributed by atoms with Gasteiger partial charge in [-0.25, -0.2) is 14.3 Å². The minimum Gasteiger partial charge on any atom is -0.476 e. The molecule has 3 amide bonds. The fourth-order valence-corrected chi connectivity index (χ4v) is 1.51. The van der Waals surface area contributed by atoms with Crippen molar-refractivity contribution in [2.45, 2.75) is 26.3 Å². The van der Waals surface area contributed by atoms with Gasteiger partial charge in [-0.05, 0) is 13.3 Å². The van der Waals surface area contributed by atoms with E-state index in [1.54, 1.807) is 6.92 Å². The molecule has 1 unspecified atom stereocenters. The Morgan fingerprint density at radius 1 is 1.42 bits per heavy atom. The van der Waals surface area contributed by atoms with Gasteiger partial charge in [0.05, 0.1) is 5.69 Å². The molecule has 0 aliphatic carbocycles. The molecule has 19 heavy (non-hydrogen) atoms. The smallest absolute Gasteiger partial charge is 0.358 e. The average Bonchev–Trinajstić information content (AvgIpc) is 2.81. The molecule has 0 spiro atoms. The number of carboxylic acids is 1. The Morgan fingerprint density at radius 3 is 2.53 bits per heavy atom. The number of nitrogens with zero attached hydrogens (tertiary/aromatic N) is 3. The first-order valence-corrected chi connectivity index (χ1v) is 5.62. The molecule has 9 heteroatoms. The molecule has 1 aromatic rings. The van der Waals surface area contributed by atoms with Crippen molar-refractivity contribution in [1.82, 2.24) is 25.6 Å². The van der Waals surface area contributed by atoms with Crippen LogP contribution in [0.15, 0.2) is 0 Å². The number of hydrogen-bond acceptors (Lipinski definition) is 5. The van der Waals surface area contributed by atoms with Gasteiger partial charge in [-0.2, -0.15) is 0 Å². The average molecular weight is 269 g/mol. The minimum absolute atomic E-state index is 0.193. The van der Waals surface area contributed by atoms with Crippen molar-refractivity contribution < 1.29 is 19.5 Å². The maximum Gasteiger partial charge on any atom is 0.358 e. The van der Waals surface area contributed by atoms with Crippen molar-refractivity contribution in [2.75, 3.05) is 7.05 Å². The number of imide groups is 1. The van der Waals surface area contributed by atoms with Crippen molar-refractivity contribution in [3.8, 4) is 0 Å². The third-order valence-corrected chi connectivity index (χ3v) is 2.54. The normalized spacial score (nSPS) is 11.7. The molecule has 0 radical (unpaired) electrons. The summed E-state index contributed by atoms with van der Waals surface area (Å²) in [6.07, 6.45) is 0.353. The van der Waals surface area contributed by atoms with Crippen molar-refractivity contribution in [2.24, 2.45) is 0 Å². The Morgan fingerprint density at radius 2 is 2.05 bits per heavy atom. The molecule has 0 aliphatic rings. The second-order valence-electron chi connectivity index (χ2n) is 3.73. The van der Waals surface area contributed by atoms with Gasteiger partial charge in [0.15, 0.2) is 5.69 Å². The van der Waals surface area contributed by atoms with E-state index in [0.717, 1.165) is 0 Å². The SMILES string of the molecule is CCc1c(C(=O)O)nnn1C(C)C(=O)NC(=O)NC. The standard InChI is InChI=1S/C10H15N5O4/c1-4-6-7(9(17)18)13-14-15(6)5(2)8(16)12-10(19)11-3/h5H,4H2,1-3H3,(H,17,18)(H2,11,12,16,19). The molecule has 1 atom stereocenters. The Hall–Kier alpha value is -2.45. The molecule has 1 heterocycles. The Bertz CT molecular complexity index is 510. The number of aromatic carboxylic acids is 1. The summed E-state index contributed by atoms with van der Waals surface area (Å²) in [7, 11) is 1.38. The summed E-state index contributed by atoms with van der Waals surface area (Å²) in [5.41, 5.74) is 0.133. The van der Waals surface area contributed by atoms with Gasteiger partial charge in [0.2, 0.25) is 0 Å². The van der Waals surface area contributed by atoms with Crippen LogP contribution in [0.2, 0.25) is 0 Å². The van der Waals surface area contributed by atoms with Crippen molar-refractivity contribution in [3.63, 3.8) is 0 Å². The summed E-state index contributed by atoms with van der Waals surface area (Å²) >= 11 is 0. The van der Waals surface area contributed by atoms with E-state index in [4.69, 9.17) is 5.11 Å². The lowest BCUT2D eigenvalue weighted by Gasteiger charge is -2.13. The van der Waals surface area contributed by atoms with Crippen molar-refractivity contribution >= 4 is 17.9 Å². The van der Waals surface area contributed by atoms with Gasteiger partial charge in [-0.3, -0.25) is 10.1 Å². The summed E-state index contributed by atoms with van der Waals surface area (Å²) in [5.74, 6) is -1.81. The summed E-state index contributed by atoms with van der Waals surface area (Å²) < 4.78 is 1.20. The zero-order valence-corrected chi connectivity index (χ0v) is 10.8. The lowest BCUT2D eigenvalue weighted by atomic mass is 10.2. The Balaban J connectivity index is 2.99. The van der Waals surface area contributed by atoms with E-state index in [0.29, 0.717) is 12.1 Å². The van der Waals surface area contributed by atoms with Gasteiger partial charge in [0, 0.05) is 7.05 Å². The second kappa shape index (κ2) is 5.94. The number of aromatic nitrogens is 3. The van der Waals surface area contributed by atoms with Crippen LogP contribution in [-0.4, -0.2) is 45.1 Å². The van der Waals surface area contributed by atoms with Gasteiger partial charge in [-0.1, -0.05) is 12.1 Å². The van der Waals surface area contributed by atoms with Gasteiger partial charge in [0.1, 0.15) is 6.04 Å². The van der Waals surface area contributed by atoms with Crippen LogP contribution in [0.4, 0.5) is 4.79 Å². The number of carboxylic acid groups (broad SMARTS) is 1. The number of hydrogen-bond donors (Lipinski definition) is 3. The molecule has 0 aromatic carbocycles. The Labute approximate surface area is 109 Å². The van der Waals surface area contributed by atoms with Crippen molar-refractivity contribution in [1.29, 1.82) is 0 Å². The number of nitrogens with one attached hydrogen (secondary N) is 2. The van der Waals surface area contributed by atoms with Crippen LogP contribution in [0.1, 0.15) is 36.1 Å². The molecule has 1 rings (SSSR count). The van der Waals surface area contributed by atoms with Gasteiger partial charge < -0.3 is 10.4 Å². The third kappa shape index (κ3) is 3.06. The molecule has 0 bridgehead atoms. The predicted molar refractivity (Wildman–Crippen MR) is 63.7 cm³/mol. The molecule has 0 saturated carbocycles. The zero-order chi connectivity index (χ0) is 14.6. The molecule has 0 saturated heterocycles. The molecular weight excluding hydrogens is 254 g/mol. The highest BCUT2D eigenvalue weighted by molar-refractivity contribution is 5.96. The van der Waals surface area contributed by atoms with Crippen LogP contribution in [0.3, 0.4) is 0 Å². The first-order chi connectivity index (χ1) is 8.92. The number of rotatable bonds is 4. The minimum atomic E-state index is -1.21. The third-order valence-electron chi connectivity index (χ3n) is 2.54. The summed E-state index contributed by atoms with van der Waals surface area (Å²) in [4.78, 5) is 33.7. The lowest BCUT2D eigenvalue weighted by molar-refractivity contribution is -0.123. The molecule has 3 N–H and O–H groups in total. The van der Waals surface area contributed by atoms with Gasteiger partial charge in [0.25, 0.3) is 5.91 Å². The topological polar surface area (TPSA) is 126 Å². The zero-order valence-electron chi connectivity index (χ0n) is 10.8. The van der Waals surface area contributed by atoms with Gasteiger partial charge >= 0.3 is 12.0 Å². The summed E-state index contributed by atoms with van der Waals surface area (Å²) in [6.45, 7) is 3.22. The summed E-state index contributed by atoms with van der Waals surface area (Å²) in [6, 6.07) is -1.48. The maximum atomic E-state index is 11.8. The highest BCUT2D eigenvalue weighted by Crippen LogP contribution is 2.13. The predicted octanol–water partition coefficient (Wildman–Crippen LogP) is -0.445. The first kappa shape index (κ1) is 14.6. The quantitative estimate of drug-likeness (QED) is 0.680. The van der Waals surface area contributed by atoms with Crippen LogP contribution in [-0.2, 0) is 11.2 Å². The fourth-order valence-electron chi connectivity index (χ4n) is 1.51. The Kier molecular flexibility index (Phi) is 4.56. The molecule has 9 nitrogen and oxygen atoms in total. The van der Waals surface area contributed by atoms with Crippen LogP contribution < -0.4 is 10.6 Å².